The summed E-state index contributed by atoms with van der Waals surface area (Å²) in [6.07, 6.45) is 0.700. The van der Waals surface area contributed by atoms with E-state index in [0.29, 0.717) is 29.6 Å². The lowest BCUT2D eigenvalue weighted by Gasteiger charge is -1.98. The maximum Gasteiger partial charge on any atom is 0.261 e. The number of amides is 1. The number of carbonyl (C=O) groups excluding carboxylic acids is 1. The quantitative estimate of drug-likeness (QED) is 0.877. The molecule has 2 aromatic rings. The molecule has 0 saturated heterocycles. The molecule has 0 radical (unpaired) electrons. The van der Waals surface area contributed by atoms with Crippen molar-refractivity contribution in [2.24, 2.45) is 0 Å². The van der Waals surface area contributed by atoms with Gasteiger partial charge < -0.3 is 9.84 Å². The first-order chi connectivity index (χ1) is 7.79. The third-order valence-corrected chi connectivity index (χ3v) is 2.83. The molecule has 84 valence electrons. The molecule has 1 N–H and O–H groups in total. The molecular formula is C10H11N3O2S. The van der Waals surface area contributed by atoms with Gasteiger partial charge >= 0.3 is 0 Å². The van der Waals surface area contributed by atoms with E-state index in [9.17, 15) is 4.79 Å². The van der Waals surface area contributed by atoms with Crippen molar-refractivity contribution in [2.75, 3.05) is 0 Å². The minimum Gasteiger partial charge on any atom is -0.344 e. The van der Waals surface area contributed by atoms with Gasteiger partial charge in [0.25, 0.3) is 5.91 Å². The van der Waals surface area contributed by atoms with Crippen LogP contribution in [0.2, 0.25) is 0 Å². The monoisotopic (exact) mass is 237 g/mol. The maximum absolute atomic E-state index is 11.6. The zero-order valence-corrected chi connectivity index (χ0v) is 9.58. The van der Waals surface area contributed by atoms with Crippen molar-refractivity contribution in [3.63, 3.8) is 0 Å². The SMILES string of the molecule is CCc1nc(CNC(=O)c2cccs2)no1. The molecule has 0 unspecified atom stereocenters. The van der Waals surface area contributed by atoms with Gasteiger partial charge in [-0.3, -0.25) is 4.79 Å². The average Bonchev–Trinajstić information content (AvgIpc) is 2.96. The second kappa shape index (κ2) is 4.89. The summed E-state index contributed by atoms with van der Waals surface area (Å²) in [5.74, 6) is 0.972. The molecule has 2 rings (SSSR count). The highest BCUT2D eigenvalue weighted by Gasteiger charge is 2.08. The van der Waals surface area contributed by atoms with Gasteiger partial charge in [-0.05, 0) is 11.4 Å². The lowest BCUT2D eigenvalue weighted by Crippen LogP contribution is -2.22. The van der Waals surface area contributed by atoms with Gasteiger partial charge in [-0.15, -0.1) is 11.3 Å². The molecule has 0 aliphatic heterocycles. The average molecular weight is 237 g/mol. The van der Waals surface area contributed by atoms with E-state index in [-0.39, 0.29) is 5.91 Å². The molecule has 0 saturated carbocycles. The van der Waals surface area contributed by atoms with Crippen molar-refractivity contribution in [3.05, 3.63) is 34.1 Å². The molecule has 16 heavy (non-hydrogen) atoms. The Bertz CT molecular complexity index is 464. The number of nitrogens with one attached hydrogen (secondary N) is 1. The Labute approximate surface area is 96.5 Å². The Morgan fingerprint density at radius 3 is 3.12 bits per heavy atom. The van der Waals surface area contributed by atoms with Crippen molar-refractivity contribution in [2.45, 2.75) is 19.9 Å². The zero-order valence-electron chi connectivity index (χ0n) is 8.77. The molecule has 0 aliphatic rings. The van der Waals surface area contributed by atoms with Crippen LogP contribution in [-0.2, 0) is 13.0 Å². The Morgan fingerprint density at radius 2 is 2.50 bits per heavy atom. The van der Waals surface area contributed by atoms with E-state index >= 15 is 0 Å². The van der Waals surface area contributed by atoms with Crippen molar-refractivity contribution in [1.29, 1.82) is 0 Å². The van der Waals surface area contributed by atoms with E-state index in [0.717, 1.165) is 0 Å². The molecule has 1 amide bonds. The Morgan fingerprint density at radius 1 is 1.62 bits per heavy atom. The van der Waals surface area contributed by atoms with Crippen molar-refractivity contribution >= 4 is 17.2 Å². The molecular weight excluding hydrogens is 226 g/mol. The molecule has 0 spiro atoms. The van der Waals surface area contributed by atoms with Crippen molar-refractivity contribution in [1.82, 2.24) is 15.5 Å². The minimum atomic E-state index is -0.113. The topological polar surface area (TPSA) is 68.0 Å². The first kappa shape index (κ1) is 10.8. The number of aryl methyl sites for hydroxylation is 1. The molecule has 0 atom stereocenters. The third-order valence-electron chi connectivity index (χ3n) is 1.96. The highest BCUT2D eigenvalue weighted by Crippen LogP contribution is 2.08. The number of thiophene rings is 1. The summed E-state index contributed by atoms with van der Waals surface area (Å²) in [6.45, 7) is 2.22. The van der Waals surface area contributed by atoms with Crippen LogP contribution in [0.25, 0.3) is 0 Å². The number of hydrogen-bond donors (Lipinski definition) is 1. The number of hydrogen-bond acceptors (Lipinski definition) is 5. The van der Waals surface area contributed by atoms with Crippen LogP contribution in [-0.4, -0.2) is 16.0 Å². The normalized spacial score (nSPS) is 10.3. The zero-order chi connectivity index (χ0) is 11.4. The molecule has 5 nitrogen and oxygen atoms in total. The van der Waals surface area contributed by atoms with Crippen LogP contribution in [0.15, 0.2) is 22.0 Å². The molecule has 2 heterocycles. The molecule has 6 heteroatoms. The minimum absolute atomic E-state index is 0.113. The van der Waals surface area contributed by atoms with E-state index in [1.165, 1.54) is 11.3 Å². The summed E-state index contributed by atoms with van der Waals surface area (Å²) < 4.78 is 4.93. The Hall–Kier alpha value is -1.69. The van der Waals surface area contributed by atoms with Crippen LogP contribution in [0.5, 0.6) is 0 Å². The third kappa shape index (κ3) is 2.46. The predicted octanol–water partition coefficient (Wildman–Crippen LogP) is 1.62. The van der Waals surface area contributed by atoms with Gasteiger partial charge in [0, 0.05) is 6.42 Å². The Kier molecular flexibility index (Phi) is 3.31. The summed E-state index contributed by atoms with van der Waals surface area (Å²) in [5.41, 5.74) is 0. The van der Waals surface area contributed by atoms with Gasteiger partial charge in [0.1, 0.15) is 0 Å². The fourth-order valence-corrected chi connectivity index (χ4v) is 1.80. The van der Waals surface area contributed by atoms with Crippen molar-refractivity contribution < 1.29 is 9.32 Å². The van der Waals surface area contributed by atoms with Gasteiger partial charge in [-0.2, -0.15) is 4.98 Å². The Balaban J connectivity index is 1.90. The van der Waals surface area contributed by atoms with Crippen LogP contribution < -0.4 is 5.32 Å². The summed E-state index contributed by atoms with van der Waals surface area (Å²) >= 11 is 1.40. The second-order valence-corrected chi connectivity index (χ2v) is 4.07. The van der Waals surface area contributed by atoms with E-state index < -0.39 is 0 Å². The number of nitrogens with zero attached hydrogens (tertiary/aromatic N) is 2. The number of rotatable bonds is 4. The lowest BCUT2D eigenvalue weighted by molar-refractivity contribution is 0.0953. The summed E-state index contributed by atoms with van der Waals surface area (Å²) in [6, 6.07) is 3.61. The van der Waals surface area contributed by atoms with E-state index in [1.807, 2.05) is 18.4 Å². The molecule has 0 bridgehead atoms. The van der Waals surface area contributed by atoms with Crippen molar-refractivity contribution in [3.8, 4) is 0 Å². The van der Waals surface area contributed by atoms with Gasteiger partial charge in [-0.25, -0.2) is 0 Å². The van der Waals surface area contributed by atoms with Gasteiger partial charge in [0.2, 0.25) is 5.89 Å². The second-order valence-electron chi connectivity index (χ2n) is 3.12. The first-order valence-electron chi connectivity index (χ1n) is 4.92. The fraction of sp³-hybridized carbons (Fsp3) is 0.300. The largest absolute Gasteiger partial charge is 0.344 e. The van der Waals surface area contributed by atoms with Gasteiger partial charge in [0.15, 0.2) is 5.82 Å². The molecule has 2 aromatic heterocycles. The smallest absolute Gasteiger partial charge is 0.261 e. The highest BCUT2D eigenvalue weighted by molar-refractivity contribution is 7.12. The van der Waals surface area contributed by atoms with E-state index in [1.54, 1.807) is 6.07 Å². The fourth-order valence-electron chi connectivity index (χ4n) is 1.16. The van der Waals surface area contributed by atoms with E-state index in [2.05, 4.69) is 15.5 Å². The first-order valence-corrected chi connectivity index (χ1v) is 5.80. The van der Waals surface area contributed by atoms with Gasteiger partial charge in [-0.1, -0.05) is 18.1 Å². The van der Waals surface area contributed by atoms with Gasteiger partial charge in [0.05, 0.1) is 11.4 Å². The highest BCUT2D eigenvalue weighted by atomic mass is 32.1. The van der Waals surface area contributed by atoms with Crippen LogP contribution in [0.3, 0.4) is 0 Å². The van der Waals surface area contributed by atoms with E-state index in [4.69, 9.17) is 4.52 Å². The maximum atomic E-state index is 11.6. The van der Waals surface area contributed by atoms with Crippen LogP contribution in [0.1, 0.15) is 28.3 Å². The summed E-state index contributed by atoms with van der Waals surface area (Å²) in [4.78, 5) is 16.3. The number of carbonyl (C=O) groups is 1. The summed E-state index contributed by atoms with van der Waals surface area (Å²) in [7, 11) is 0. The lowest BCUT2D eigenvalue weighted by atomic mass is 10.4. The predicted molar refractivity (Wildman–Crippen MR) is 59.2 cm³/mol. The standard InChI is InChI=1S/C10H11N3O2S/c1-2-9-12-8(13-15-9)6-11-10(14)7-4-3-5-16-7/h3-5H,2,6H2,1H3,(H,11,14). The van der Waals surface area contributed by atoms with Crippen LogP contribution in [0.4, 0.5) is 0 Å². The molecule has 0 fully saturated rings. The van der Waals surface area contributed by atoms with Crippen LogP contribution in [0, 0.1) is 0 Å². The summed E-state index contributed by atoms with van der Waals surface area (Å²) in [5, 5.41) is 8.33. The molecule has 0 aliphatic carbocycles. The van der Waals surface area contributed by atoms with Crippen LogP contribution >= 0.6 is 11.3 Å². The molecule has 0 aromatic carbocycles. The number of aromatic nitrogens is 2.